The lowest BCUT2D eigenvalue weighted by Gasteiger charge is -2.31. The van der Waals surface area contributed by atoms with Crippen LogP contribution in [-0.4, -0.2) is 5.11 Å². The number of nitrogens with one attached hydrogen (secondary N) is 3. The number of alkyl halides is 9. The van der Waals surface area contributed by atoms with Gasteiger partial charge in [-0.3, -0.25) is 0 Å². The molecule has 0 spiro atoms. The maximum absolute atomic E-state index is 13.4. The second-order valence-corrected chi connectivity index (χ2v) is 10.2. The fourth-order valence-electron chi connectivity index (χ4n) is 4.48. The molecule has 3 N–H and O–H groups in total. The third kappa shape index (κ3) is 8.73. The molecule has 0 aliphatic rings. The van der Waals surface area contributed by atoms with E-state index in [0.717, 1.165) is 17.7 Å². The Morgan fingerprint density at radius 2 is 1.02 bits per heavy atom. The van der Waals surface area contributed by atoms with Crippen LogP contribution in [0.5, 0.6) is 0 Å². The number of hydrogen-bond donors (Lipinski definition) is 3. The Hall–Kier alpha value is -4.10. The molecular formula is C31H24F9N3S. The zero-order chi connectivity index (χ0) is 32.1. The number of benzene rings is 4. The van der Waals surface area contributed by atoms with Gasteiger partial charge < -0.3 is 16.0 Å². The molecule has 232 valence electrons. The van der Waals surface area contributed by atoms with Gasteiger partial charge in [-0.1, -0.05) is 72.8 Å². The quantitative estimate of drug-likeness (QED) is 0.132. The third-order valence-corrected chi connectivity index (χ3v) is 6.81. The Morgan fingerprint density at radius 1 is 0.568 bits per heavy atom. The van der Waals surface area contributed by atoms with E-state index in [9.17, 15) is 39.5 Å². The van der Waals surface area contributed by atoms with Crippen LogP contribution >= 0.6 is 12.2 Å². The van der Waals surface area contributed by atoms with Crippen molar-refractivity contribution in [1.82, 2.24) is 10.6 Å². The van der Waals surface area contributed by atoms with Crippen LogP contribution in [0.1, 0.15) is 45.5 Å². The summed E-state index contributed by atoms with van der Waals surface area (Å²) in [6, 6.07) is 21.9. The second-order valence-electron chi connectivity index (χ2n) is 9.75. The minimum Gasteiger partial charge on any atom is -0.354 e. The Kier molecular flexibility index (Phi) is 9.89. The molecule has 0 fully saturated rings. The number of thiocarbonyl (C=S) groups is 1. The molecule has 0 aliphatic heterocycles. The van der Waals surface area contributed by atoms with Gasteiger partial charge in [-0.05, 0) is 59.2 Å². The van der Waals surface area contributed by atoms with E-state index in [1.807, 2.05) is 0 Å². The maximum atomic E-state index is 13.4. The predicted molar refractivity (Wildman–Crippen MR) is 152 cm³/mol. The van der Waals surface area contributed by atoms with Crippen molar-refractivity contribution in [2.45, 2.75) is 37.2 Å². The first-order valence-corrected chi connectivity index (χ1v) is 13.4. The molecule has 0 amide bonds. The van der Waals surface area contributed by atoms with Gasteiger partial charge in [0.15, 0.2) is 5.11 Å². The van der Waals surface area contributed by atoms with Gasteiger partial charge >= 0.3 is 18.5 Å². The normalized spacial score (nSPS) is 13.7. The molecule has 13 heteroatoms. The summed E-state index contributed by atoms with van der Waals surface area (Å²) in [5.41, 5.74) is -2.41. The Bertz CT molecular complexity index is 1500. The minimum absolute atomic E-state index is 0.0189. The summed E-state index contributed by atoms with van der Waals surface area (Å²) in [6.45, 7) is 0.117. The molecule has 0 heterocycles. The van der Waals surface area contributed by atoms with Crippen LogP contribution in [0, 0.1) is 0 Å². The molecule has 0 aromatic heterocycles. The lowest BCUT2D eigenvalue weighted by Crippen LogP contribution is -2.40. The molecule has 2 atom stereocenters. The molecule has 44 heavy (non-hydrogen) atoms. The first kappa shape index (κ1) is 32.8. The predicted octanol–water partition coefficient (Wildman–Crippen LogP) is 9.30. The van der Waals surface area contributed by atoms with Crippen molar-refractivity contribution < 1.29 is 39.5 Å². The van der Waals surface area contributed by atoms with E-state index in [1.165, 1.54) is 12.1 Å². The number of anilines is 1. The van der Waals surface area contributed by atoms with Crippen molar-refractivity contribution in [3.05, 3.63) is 137 Å². The summed E-state index contributed by atoms with van der Waals surface area (Å²) in [5.74, 6) is 0. The van der Waals surface area contributed by atoms with E-state index in [4.69, 9.17) is 12.2 Å². The SMILES string of the molecule is FC(F)(F)c1ccc(CN[C@H](c2ccccc2)[C@H](NC(=S)Nc2cc(C(F)(F)F)cc(C(F)(F)F)c2)c2ccccc2)cc1. The van der Waals surface area contributed by atoms with E-state index in [-0.39, 0.29) is 17.7 Å². The summed E-state index contributed by atoms with van der Waals surface area (Å²) in [5, 5.41) is 8.51. The van der Waals surface area contributed by atoms with Crippen molar-refractivity contribution in [2.24, 2.45) is 0 Å². The van der Waals surface area contributed by atoms with Crippen molar-refractivity contribution in [1.29, 1.82) is 0 Å². The largest absolute Gasteiger partial charge is 0.416 e. The lowest BCUT2D eigenvalue weighted by atomic mass is 9.93. The van der Waals surface area contributed by atoms with Crippen LogP contribution in [-0.2, 0) is 25.1 Å². The Balaban J connectivity index is 1.65. The van der Waals surface area contributed by atoms with Crippen molar-refractivity contribution in [2.75, 3.05) is 5.32 Å². The molecule has 3 nitrogen and oxygen atoms in total. The van der Waals surface area contributed by atoms with E-state index in [2.05, 4.69) is 16.0 Å². The molecule has 0 saturated carbocycles. The summed E-state index contributed by atoms with van der Waals surface area (Å²) < 4.78 is 119. The molecule has 4 rings (SSSR count). The van der Waals surface area contributed by atoms with E-state index < -0.39 is 53.0 Å². The highest BCUT2D eigenvalue weighted by molar-refractivity contribution is 7.80. The topological polar surface area (TPSA) is 36.1 Å². The zero-order valence-corrected chi connectivity index (χ0v) is 23.3. The monoisotopic (exact) mass is 641 g/mol. The van der Waals surface area contributed by atoms with E-state index >= 15 is 0 Å². The number of halogens is 9. The van der Waals surface area contributed by atoms with Crippen LogP contribution in [0.15, 0.2) is 103 Å². The van der Waals surface area contributed by atoms with Gasteiger partial charge in [0.25, 0.3) is 0 Å². The number of hydrogen-bond acceptors (Lipinski definition) is 2. The second kappa shape index (κ2) is 13.3. The first-order chi connectivity index (χ1) is 20.6. The molecule has 0 unspecified atom stereocenters. The fraction of sp³-hybridized carbons (Fsp3) is 0.194. The van der Waals surface area contributed by atoms with Gasteiger partial charge in [0.05, 0.1) is 28.8 Å². The summed E-state index contributed by atoms with van der Waals surface area (Å²) in [4.78, 5) is 0. The maximum Gasteiger partial charge on any atom is 0.416 e. The molecular weight excluding hydrogens is 617 g/mol. The van der Waals surface area contributed by atoms with E-state index in [0.29, 0.717) is 23.3 Å². The number of rotatable bonds is 8. The van der Waals surface area contributed by atoms with Crippen LogP contribution in [0.3, 0.4) is 0 Å². The van der Waals surface area contributed by atoms with Gasteiger partial charge in [-0.25, -0.2) is 0 Å². The van der Waals surface area contributed by atoms with Crippen LogP contribution in [0.4, 0.5) is 45.2 Å². The highest BCUT2D eigenvalue weighted by Crippen LogP contribution is 2.38. The van der Waals surface area contributed by atoms with Crippen molar-refractivity contribution in [3.63, 3.8) is 0 Å². The van der Waals surface area contributed by atoms with Gasteiger partial charge in [0.1, 0.15) is 0 Å². The Labute approximate surface area is 252 Å². The average Bonchev–Trinajstić information content (AvgIpc) is 2.96. The van der Waals surface area contributed by atoms with Crippen molar-refractivity contribution in [3.8, 4) is 0 Å². The summed E-state index contributed by atoms with van der Waals surface area (Å²) in [6.07, 6.45) is -14.6. The van der Waals surface area contributed by atoms with Crippen LogP contribution in [0.2, 0.25) is 0 Å². The lowest BCUT2D eigenvalue weighted by molar-refractivity contribution is -0.143. The Morgan fingerprint density at radius 3 is 1.48 bits per heavy atom. The molecule has 4 aromatic carbocycles. The smallest absolute Gasteiger partial charge is 0.354 e. The zero-order valence-electron chi connectivity index (χ0n) is 22.5. The highest BCUT2D eigenvalue weighted by atomic mass is 32.1. The van der Waals surface area contributed by atoms with Crippen LogP contribution < -0.4 is 16.0 Å². The molecule has 0 aliphatic carbocycles. The molecule has 0 radical (unpaired) electrons. The third-order valence-electron chi connectivity index (χ3n) is 6.59. The summed E-state index contributed by atoms with van der Waals surface area (Å²) in [7, 11) is 0. The van der Waals surface area contributed by atoms with Gasteiger partial charge in [-0.15, -0.1) is 0 Å². The molecule has 0 bridgehead atoms. The standard InChI is InChI=1S/C31H24F9N3S/c32-29(33,34)22-13-11-19(12-14-22)18-41-26(20-7-3-1-4-8-20)27(21-9-5-2-6-10-21)43-28(44)42-25-16-23(30(35,36)37)15-24(17-25)31(38,39)40/h1-17,26-27,41H,18H2,(H2,42,43,44)/t26-,27-/m1/s1. The molecule has 4 aromatic rings. The van der Waals surface area contributed by atoms with Gasteiger partial charge in [0.2, 0.25) is 0 Å². The summed E-state index contributed by atoms with van der Waals surface area (Å²) >= 11 is 5.36. The average molecular weight is 642 g/mol. The highest BCUT2D eigenvalue weighted by Gasteiger charge is 2.37. The van der Waals surface area contributed by atoms with E-state index in [1.54, 1.807) is 60.7 Å². The minimum atomic E-state index is -5.04. The van der Waals surface area contributed by atoms with Crippen molar-refractivity contribution >= 4 is 23.0 Å². The van der Waals surface area contributed by atoms with Gasteiger partial charge in [-0.2, -0.15) is 39.5 Å². The van der Waals surface area contributed by atoms with Gasteiger partial charge in [0, 0.05) is 12.2 Å². The molecule has 0 saturated heterocycles. The first-order valence-electron chi connectivity index (χ1n) is 13.0. The van der Waals surface area contributed by atoms with Crippen LogP contribution in [0.25, 0.3) is 0 Å². The fourth-order valence-corrected chi connectivity index (χ4v) is 4.73.